The van der Waals surface area contributed by atoms with Crippen molar-refractivity contribution in [2.45, 2.75) is 19.9 Å². The van der Waals surface area contributed by atoms with Crippen molar-refractivity contribution in [3.8, 4) is 17.1 Å². The quantitative estimate of drug-likeness (QED) is 0.315. The first-order chi connectivity index (χ1) is 16.9. The van der Waals surface area contributed by atoms with Crippen molar-refractivity contribution in [3.05, 3.63) is 88.2 Å². The molecular weight excluding hydrogens is 449 g/mol. The Balaban J connectivity index is 1.61. The molecule has 4 N–H and O–H groups in total. The van der Waals surface area contributed by atoms with Crippen molar-refractivity contribution in [2.24, 2.45) is 5.73 Å². The van der Waals surface area contributed by atoms with Crippen LogP contribution in [0, 0.1) is 5.82 Å². The summed E-state index contributed by atoms with van der Waals surface area (Å²) >= 11 is 0. The van der Waals surface area contributed by atoms with E-state index in [9.17, 15) is 14.0 Å². The third kappa shape index (κ3) is 4.35. The molecule has 35 heavy (non-hydrogen) atoms. The van der Waals surface area contributed by atoms with Gasteiger partial charge in [-0.1, -0.05) is 19.1 Å². The number of carbonyl (C=O) groups is 1. The number of H-pyrrole nitrogens is 2. The number of ether oxygens (including phenoxy) is 1. The standard InChI is InChI=1S/C26H22FN5O3/c1-2-9-35-23-8-5-16(24(28)33)10-19(23)25-30-20-12-21-22(11-18(20)26(34)31-25)32(14-29-21)13-15-3-6-17(27)7-4-15/h3-8,10-12,14H,2,9,13H2,1H3,(H3,28,30,31,33,34)/p+1. The minimum absolute atomic E-state index is 0.279. The fourth-order valence-electron chi connectivity index (χ4n) is 4.00. The Bertz CT molecular complexity index is 1620. The summed E-state index contributed by atoms with van der Waals surface area (Å²) in [5.74, 6) is -0.101. The van der Waals surface area contributed by atoms with Crippen LogP contribution in [0.15, 0.2) is 65.7 Å². The minimum atomic E-state index is -0.588. The van der Waals surface area contributed by atoms with Crippen LogP contribution in [0.1, 0.15) is 29.3 Å². The number of benzene rings is 3. The van der Waals surface area contributed by atoms with E-state index in [0.717, 1.165) is 23.0 Å². The van der Waals surface area contributed by atoms with Gasteiger partial charge in [0.1, 0.15) is 23.9 Å². The van der Waals surface area contributed by atoms with Crippen molar-refractivity contribution < 1.29 is 18.5 Å². The lowest BCUT2D eigenvalue weighted by Crippen LogP contribution is -2.32. The Hall–Kier alpha value is -4.53. The van der Waals surface area contributed by atoms with E-state index in [4.69, 9.17) is 10.5 Å². The molecule has 2 heterocycles. The second-order valence-electron chi connectivity index (χ2n) is 8.25. The van der Waals surface area contributed by atoms with Crippen LogP contribution >= 0.6 is 0 Å². The number of imidazole rings is 1. The Morgan fingerprint density at radius 3 is 2.69 bits per heavy atom. The Morgan fingerprint density at radius 2 is 1.94 bits per heavy atom. The number of hydrogen-bond donors (Lipinski definition) is 3. The van der Waals surface area contributed by atoms with Gasteiger partial charge >= 0.3 is 0 Å². The molecule has 0 aliphatic heterocycles. The predicted molar refractivity (Wildman–Crippen MR) is 130 cm³/mol. The number of primary amides is 1. The first-order valence-corrected chi connectivity index (χ1v) is 11.2. The first kappa shape index (κ1) is 22.3. The highest BCUT2D eigenvalue weighted by molar-refractivity contribution is 5.95. The molecule has 0 saturated carbocycles. The van der Waals surface area contributed by atoms with Gasteiger partial charge < -0.3 is 15.5 Å². The molecule has 5 aromatic rings. The predicted octanol–water partition coefficient (Wildman–Crippen LogP) is 3.43. The zero-order valence-electron chi connectivity index (χ0n) is 19.0. The summed E-state index contributed by atoms with van der Waals surface area (Å²) < 4.78 is 21.0. The normalized spacial score (nSPS) is 11.3. The van der Waals surface area contributed by atoms with Crippen molar-refractivity contribution in [3.63, 3.8) is 0 Å². The Labute approximate surface area is 199 Å². The second-order valence-corrected chi connectivity index (χ2v) is 8.25. The van der Waals surface area contributed by atoms with Crippen LogP contribution in [0.25, 0.3) is 33.3 Å². The number of amides is 1. The summed E-state index contributed by atoms with van der Waals surface area (Å²) in [6.07, 6.45) is 2.59. The van der Waals surface area contributed by atoms with Gasteiger partial charge in [0, 0.05) is 17.7 Å². The number of nitrogens with zero attached hydrogens (tertiary/aromatic N) is 2. The number of carbonyl (C=O) groups excluding carboxylic acids is 1. The largest absolute Gasteiger partial charge is 0.493 e. The summed E-state index contributed by atoms with van der Waals surface area (Å²) in [6, 6.07) is 14.7. The fraction of sp³-hybridized carbons (Fsp3) is 0.154. The van der Waals surface area contributed by atoms with Gasteiger partial charge in [0.05, 0.1) is 23.1 Å². The van der Waals surface area contributed by atoms with Gasteiger partial charge in [0.2, 0.25) is 12.2 Å². The van der Waals surface area contributed by atoms with Crippen LogP contribution in [0.4, 0.5) is 4.39 Å². The number of nitrogens with two attached hydrogens (primary N) is 1. The van der Waals surface area contributed by atoms with Crippen LogP contribution in [0.5, 0.6) is 5.75 Å². The average Bonchev–Trinajstić information content (AvgIpc) is 3.24. The van der Waals surface area contributed by atoms with Crippen LogP contribution in [0.3, 0.4) is 0 Å². The third-order valence-corrected chi connectivity index (χ3v) is 5.76. The molecule has 0 aliphatic rings. The van der Waals surface area contributed by atoms with E-state index >= 15 is 0 Å². The molecule has 0 radical (unpaired) electrons. The van der Waals surface area contributed by atoms with E-state index in [1.165, 1.54) is 12.1 Å². The van der Waals surface area contributed by atoms with Crippen molar-refractivity contribution in [1.82, 2.24) is 15.0 Å². The molecule has 0 bridgehead atoms. The van der Waals surface area contributed by atoms with Crippen LogP contribution in [-0.2, 0) is 6.54 Å². The number of rotatable bonds is 7. The lowest BCUT2D eigenvalue weighted by Gasteiger charge is -2.12. The van der Waals surface area contributed by atoms with E-state index in [0.29, 0.717) is 35.4 Å². The summed E-state index contributed by atoms with van der Waals surface area (Å²) in [6.45, 7) is 2.96. The van der Waals surface area contributed by atoms with Gasteiger partial charge in [0.15, 0.2) is 11.0 Å². The molecule has 0 fully saturated rings. The highest BCUT2D eigenvalue weighted by Crippen LogP contribution is 2.29. The van der Waals surface area contributed by atoms with E-state index in [1.54, 1.807) is 48.8 Å². The van der Waals surface area contributed by atoms with Gasteiger partial charge in [-0.3, -0.25) is 9.59 Å². The van der Waals surface area contributed by atoms with Crippen molar-refractivity contribution in [2.75, 3.05) is 6.61 Å². The number of nitrogens with one attached hydrogen (secondary N) is 2. The molecule has 0 unspecified atom stereocenters. The molecule has 8 nitrogen and oxygen atoms in total. The summed E-state index contributed by atoms with van der Waals surface area (Å²) in [5.41, 5.74) is 8.91. The number of fused-ring (bicyclic) bond motifs is 2. The van der Waals surface area contributed by atoms with E-state index in [-0.39, 0.29) is 22.8 Å². The smallest absolute Gasteiger partial charge is 0.259 e. The summed E-state index contributed by atoms with van der Waals surface area (Å²) in [4.78, 5) is 35.5. The highest BCUT2D eigenvalue weighted by atomic mass is 19.1. The topological polar surface area (TPSA) is 118 Å². The number of aromatic amines is 2. The number of hydrogen-bond acceptors (Lipinski definition) is 4. The summed E-state index contributed by atoms with van der Waals surface area (Å²) in [7, 11) is 0. The van der Waals surface area contributed by atoms with Crippen LogP contribution in [0.2, 0.25) is 0 Å². The molecule has 1 amide bonds. The van der Waals surface area contributed by atoms with Crippen LogP contribution in [-0.4, -0.2) is 27.5 Å². The Kier molecular flexibility index (Phi) is 5.74. The third-order valence-electron chi connectivity index (χ3n) is 5.76. The Morgan fingerprint density at radius 1 is 1.14 bits per heavy atom. The zero-order chi connectivity index (χ0) is 24.5. The molecule has 0 spiro atoms. The lowest BCUT2D eigenvalue weighted by molar-refractivity contribution is -0.662. The maximum atomic E-state index is 13.3. The maximum absolute atomic E-state index is 13.3. The molecule has 5 rings (SSSR count). The first-order valence-electron chi connectivity index (χ1n) is 11.2. The fourth-order valence-corrected chi connectivity index (χ4v) is 4.00. The van der Waals surface area contributed by atoms with E-state index < -0.39 is 5.91 Å². The maximum Gasteiger partial charge on any atom is 0.259 e. The van der Waals surface area contributed by atoms with Crippen LogP contribution < -0.4 is 20.6 Å². The molecule has 0 aliphatic carbocycles. The number of halogens is 1. The average molecular weight is 473 g/mol. The van der Waals surface area contributed by atoms with Gasteiger partial charge in [-0.25, -0.2) is 18.9 Å². The van der Waals surface area contributed by atoms with Crippen molar-refractivity contribution in [1.29, 1.82) is 0 Å². The SMILES string of the molecule is CCCOc1ccc(C(N)=O)cc1-c1nc2cc3[nH]c[n+](Cc4ccc(F)cc4)c3cc2c(=O)[nH]1. The zero-order valence-corrected chi connectivity index (χ0v) is 19.0. The highest BCUT2D eigenvalue weighted by Gasteiger charge is 2.17. The van der Waals surface area contributed by atoms with Gasteiger partial charge in [-0.15, -0.1) is 0 Å². The minimum Gasteiger partial charge on any atom is -0.493 e. The lowest BCUT2D eigenvalue weighted by atomic mass is 10.1. The van der Waals surface area contributed by atoms with E-state index in [1.807, 2.05) is 11.5 Å². The molecule has 2 aromatic heterocycles. The molecule has 0 atom stereocenters. The van der Waals surface area contributed by atoms with Crippen molar-refractivity contribution >= 4 is 27.8 Å². The molecule has 9 heteroatoms. The molecular formula is C26H23FN5O3+. The van der Waals surface area contributed by atoms with Gasteiger partial charge in [0.25, 0.3) is 5.56 Å². The van der Waals surface area contributed by atoms with E-state index in [2.05, 4.69) is 15.0 Å². The monoisotopic (exact) mass is 472 g/mol. The van der Waals surface area contributed by atoms with Gasteiger partial charge in [-0.2, -0.15) is 0 Å². The summed E-state index contributed by atoms with van der Waals surface area (Å²) in [5, 5.41) is 0.413. The molecule has 176 valence electrons. The second kappa shape index (κ2) is 9.02. The number of aromatic nitrogens is 4. The van der Waals surface area contributed by atoms with Gasteiger partial charge in [-0.05, 0) is 42.3 Å². The molecule has 3 aromatic carbocycles. The molecule has 0 saturated heterocycles.